The van der Waals surface area contributed by atoms with Crippen LogP contribution in [0.15, 0.2) is 24.3 Å². The summed E-state index contributed by atoms with van der Waals surface area (Å²) in [4.78, 5) is 0. The number of ether oxygens (including phenoxy) is 1. The molecule has 3 heteroatoms. The number of nitrogens with two attached hydrogens (primary N) is 1. The maximum Gasteiger partial charge on any atom is 0.0574 e. The minimum absolute atomic E-state index is 0.154. The zero-order valence-electron chi connectivity index (χ0n) is 9.83. The Morgan fingerprint density at radius 2 is 2.12 bits per heavy atom. The zero-order valence-corrected chi connectivity index (χ0v) is 9.83. The molecule has 1 aliphatic heterocycles. The summed E-state index contributed by atoms with van der Waals surface area (Å²) in [6, 6.07) is 8.43. The first-order valence-electron chi connectivity index (χ1n) is 5.89. The van der Waals surface area contributed by atoms with Crippen LogP contribution in [0.4, 0.5) is 5.69 Å². The summed E-state index contributed by atoms with van der Waals surface area (Å²) in [5.74, 6) is 0. The van der Waals surface area contributed by atoms with Gasteiger partial charge >= 0.3 is 0 Å². The van der Waals surface area contributed by atoms with Crippen molar-refractivity contribution in [2.24, 2.45) is 11.1 Å². The number of hydrogen-bond donors (Lipinski definition) is 2. The fourth-order valence-corrected chi connectivity index (χ4v) is 1.97. The SMILES string of the molecule is CCc1ccccc1NCC1(CN)COC1. The Labute approximate surface area is 97.0 Å². The number of para-hydroxylation sites is 1. The molecule has 0 aliphatic carbocycles. The van der Waals surface area contributed by atoms with Crippen molar-refractivity contribution in [1.29, 1.82) is 0 Å². The Hall–Kier alpha value is -1.06. The van der Waals surface area contributed by atoms with Crippen LogP contribution in [0.25, 0.3) is 0 Å². The van der Waals surface area contributed by atoms with Crippen molar-refractivity contribution >= 4 is 5.69 Å². The number of nitrogens with one attached hydrogen (secondary N) is 1. The van der Waals surface area contributed by atoms with E-state index < -0.39 is 0 Å². The molecule has 0 bridgehead atoms. The van der Waals surface area contributed by atoms with Gasteiger partial charge in [-0.2, -0.15) is 0 Å². The monoisotopic (exact) mass is 220 g/mol. The van der Waals surface area contributed by atoms with Gasteiger partial charge in [0, 0.05) is 24.2 Å². The lowest BCUT2D eigenvalue weighted by atomic mass is 9.86. The molecule has 3 N–H and O–H groups in total. The summed E-state index contributed by atoms with van der Waals surface area (Å²) in [5, 5.41) is 3.50. The lowest BCUT2D eigenvalue weighted by molar-refractivity contribution is -0.0979. The average molecular weight is 220 g/mol. The van der Waals surface area contributed by atoms with E-state index in [9.17, 15) is 0 Å². The first-order valence-corrected chi connectivity index (χ1v) is 5.89. The maximum atomic E-state index is 5.78. The molecule has 1 fully saturated rings. The number of aryl methyl sites for hydroxylation is 1. The molecule has 1 aliphatic rings. The molecular weight excluding hydrogens is 200 g/mol. The van der Waals surface area contributed by atoms with Gasteiger partial charge in [0.15, 0.2) is 0 Å². The van der Waals surface area contributed by atoms with Crippen LogP contribution < -0.4 is 11.1 Å². The minimum Gasteiger partial charge on any atom is -0.384 e. The normalized spacial score (nSPS) is 17.9. The molecule has 0 unspecified atom stereocenters. The fraction of sp³-hybridized carbons (Fsp3) is 0.538. The molecular formula is C13H20N2O. The van der Waals surface area contributed by atoms with Gasteiger partial charge in [-0.3, -0.25) is 0 Å². The smallest absolute Gasteiger partial charge is 0.0574 e. The fourth-order valence-electron chi connectivity index (χ4n) is 1.97. The highest BCUT2D eigenvalue weighted by molar-refractivity contribution is 5.51. The number of anilines is 1. The Kier molecular flexibility index (Phi) is 3.46. The van der Waals surface area contributed by atoms with Crippen molar-refractivity contribution in [2.75, 3.05) is 31.6 Å². The zero-order chi connectivity index (χ0) is 11.4. The molecule has 1 saturated heterocycles. The third-order valence-corrected chi connectivity index (χ3v) is 3.30. The van der Waals surface area contributed by atoms with E-state index in [1.807, 2.05) is 0 Å². The van der Waals surface area contributed by atoms with Gasteiger partial charge in [0.2, 0.25) is 0 Å². The van der Waals surface area contributed by atoms with E-state index in [0.29, 0.717) is 6.54 Å². The second-order valence-electron chi connectivity index (χ2n) is 4.56. The van der Waals surface area contributed by atoms with Gasteiger partial charge < -0.3 is 15.8 Å². The van der Waals surface area contributed by atoms with Crippen molar-refractivity contribution in [2.45, 2.75) is 13.3 Å². The van der Waals surface area contributed by atoms with Crippen molar-refractivity contribution < 1.29 is 4.74 Å². The summed E-state index contributed by atoms with van der Waals surface area (Å²) in [7, 11) is 0. The van der Waals surface area contributed by atoms with Crippen LogP contribution in [0, 0.1) is 5.41 Å². The maximum absolute atomic E-state index is 5.78. The van der Waals surface area contributed by atoms with Gasteiger partial charge in [0.25, 0.3) is 0 Å². The first-order chi connectivity index (χ1) is 7.79. The van der Waals surface area contributed by atoms with E-state index in [1.54, 1.807) is 0 Å². The molecule has 88 valence electrons. The van der Waals surface area contributed by atoms with Crippen LogP contribution in [0.5, 0.6) is 0 Å². The second kappa shape index (κ2) is 4.85. The number of rotatable bonds is 5. The van der Waals surface area contributed by atoms with Gasteiger partial charge in [-0.05, 0) is 18.1 Å². The van der Waals surface area contributed by atoms with Gasteiger partial charge in [-0.15, -0.1) is 0 Å². The Morgan fingerprint density at radius 1 is 1.38 bits per heavy atom. The summed E-state index contributed by atoms with van der Waals surface area (Å²) < 4.78 is 5.25. The molecule has 0 amide bonds. The van der Waals surface area contributed by atoms with Crippen LogP contribution in [0.3, 0.4) is 0 Å². The molecule has 16 heavy (non-hydrogen) atoms. The third kappa shape index (κ3) is 2.20. The van der Waals surface area contributed by atoms with Crippen LogP contribution in [0.1, 0.15) is 12.5 Å². The van der Waals surface area contributed by atoms with Gasteiger partial charge in [-0.25, -0.2) is 0 Å². The Balaban J connectivity index is 1.98. The summed E-state index contributed by atoms with van der Waals surface area (Å²) >= 11 is 0. The lowest BCUT2D eigenvalue weighted by Gasteiger charge is -2.40. The molecule has 1 heterocycles. The van der Waals surface area contributed by atoms with Gasteiger partial charge in [0.05, 0.1) is 13.2 Å². The topological polar surface area (TPSA) is 47.3 Å². The number of benzene rings is 1. The summed E-state index contributed by atoms with van der Waals surface area (Å²) in [5.41, 5.74) is 8.52. The Morgan fingerprint density at radius 3 is 2.69 bits per heavy atom. The molecule has 0 aromatic heterocycles. The van der Waals surface area contributed by atoms with Crippen LogP contribution in [0.2, 0.25) is 0 Å². The van der Waals surface area contributed by atoms with E-state index in [2.05, 4.69) is 36.5 Å². The predicted octanol–water partition coefficient (Wildman–Crippen LogP) is 1.64. The third-order valence-electron chi connectivity index (χ3n) is 3.30. The molecule has 1 aromatic rings. The average Bonchev–Trinajstić information content (AvgIpc) is 2.29. The van der Waals surface area contributed by atoms with E-state index in [4.69, 9.17) is 10.5 Å². The standard InChI is InChI=1S/C13H20N2O/c1-2-11-5-3-4-6-12(11)15-8-13(7-14)9-16-10-13/h3-6,15H,2,7-10,14H2,1H3. The lowest BCUT2D eigenvalue weighted by Crippen LogP contribution is -2.52. The van der Waals surface area contributed by atoms with Crippen molar-refractivity contribution in [1.82, 2.24) is 0 Å². The van der Waals surface area contributed by atoms with E-state index in [0.717, 1.165) is 26.2 Å². The van der Waals surface area contributed by atoms with Crippen molar-refractivity contribution in [3.8, 4) is 0 Å². The first kappa shape index (κ1) is 11.4. The quantitative estimate of drug-likeness (QED) is 0.793. The predicted molar refractivity (Wildman–Crippen MR) is 66.6 cm³/mol. The molecule has 2 rings (SSSR count). The highest BCUT2D eigenvalue weighted by Crippen LogP contribution is 2.27. The van der Waals surface area contributed by atoms with Crippen LogP contribution in [-0.4, -0.2) is 26.3 Å². The van der Waals surface area contributed by atoms with E-state index in [1.165, 1.54) is 11.3 Å². The largest absolute Gasteiger partial charge is 0.384 e. The Bertz CT molecular complexity index is 342. The molecule has 1 aromatic carbocycles. The van der Waals surface area contributed by atoms with E-state index in [-0.39, 0.29) is 5.41 Å². The van der Waals surface area contributed by atoms with Crippen molar-refractivity contribution in [3.63, 3.8) is 0 Å². The highest BCUT2D eigenvalue weighted by atomic mass is 16.5. The molecule has 0 saturated carbocycles. The molecule has 0 atom stereocenters. The second-order valence-corrected chi connectivity index (χ2v) is 4.56. The summed E-state index contributed by atoms with van der Waals surface area (Å²) in [6.07, 6.45) is 1.05. The van der Waals surface area contributed by atoms with Gasteiger partial charge in [-0.1, -0.05) is 25.1 Å². The minimum atomic E-state index is 0.154. The number of hydrogen-bond acceptors (Lipinski definition) is 3. The van der Waals surface area contributed by atoms with Gasteiger partial charge in [0.1, 0.15) is 0 Å². The molecule has 3 nitrogen and oxygen atoms in total. The molecule has 0 radical (unpaired) electrons. The van der Waals surface area contributed by atoms with E-state index >= 15 is 0 Å². The molecule has 0 spiro atoms. The van der Waals surface area contributed by atoms with Crippen molar-refractivity contribution in [3.05, 3.63) is 29.8 Å². The van der Waals surface area contributed by atoms with Crippen LogP contribution >= 0.6 is 0 Å². The van der Waals surface area contributed by atoms with Crippen LogP contribution in [-0.2, 0) is 11.2 Å². The summed E-state index contributed by atoms with van der Waals surface area (Å²) in [6.45, 7) is 5.33. The highest BCUT2D eigenvalue weighted by Gasteiger charge is 2.36.